The van der Waals surface area contributed by atoms with Crippen molar-refractivity contribution in [1.82, 2.24) is 15.1 Å². The van der Waals surface area contributed by atoms with E-state index in [4.69, 9.17) is 0 Å². The van der Waals surface area contributed by atoms with Gasteiger partial charge in [-0.15, -0.1) is 10.2 Å². The predicted octanol–water partition coefficient (Wildman–Crippen LogP) is 5.12. The smallest absolute Gasteiger partial charge is 0.257 e. The Hall–Kier alpha value is -1.44. The minimum atomic E-state index is -0.149. The second-order valence-corrected chi connectivity index (χ2v) is 9.70. The van der Waals surface area contributed by atoms with Crippen LogP contribution >= 0.6 is 23.1 Å². The molecule has 0 radical (unpaired) electrons. The van der Waals surface area contributed by atoms with Crippen molar-refractivity contribution in [3.05, 3.63) is 35.4 Å². The first kappa shape index (κ1) is 21.9. The normalized spacial score (nSPS) is 11.8. The van der Waals surface area contributed by atoms with Crippen molar-refractivity contribution in [3.8, 4) is 0 Å². The maximum atomic E-state index is 12.4. The third-order valence-electron chi connectivity index (χ3n) is 4.37. The molecule has 0 aliphatic heterocycles. The van der Waals surface area contributed by atoms with Gasteiger partial charge in [0, 0.05) is 29.9 Å². The van der Waals surface area contributed by atoms with Gasteiger partial charge in [0.2, 0.25) is 5.13 Å². The average molecular weight is 407 g/mol. The minimum Gasteiger partial charge on any atom is -0.298 e. The second-order valence-electron chi connectivity index (χ2n) is 7.38. The van der Waals surface area contributed by atoms with Crippen molar-refractivity contribution in [2.75, 3.05) is 17.6 Å². The maximum absolute atomic E-state index is 12.4. The molecule has 27 heavy (non-hydrogen) atoms. The van der Waals surface area contributed by atoms with Crippen molar-refractivity contribution in [2.45, 2.75) is 63.9 Å². The van der Waals surface area contributed by atoms with Crippen molar-refractivity contribution in [3.63, 3.8) is 0 Å². The summed E-state index contributed by atoms with van der Waals surface area (Å²) in [6, 6.07) is 8.75. The summed E-state index contributed by atoms with van der Waals surface area (Å²) in [6.45, 7) is 14.2. The van der Waals surface area contributed by atoms with Crippen LogP contribution in [0.5, 0.6) is 0 Å². The van der Waals surface area contributed by atoms with Gasteiger partial charge in [-0.1, -0.05) is 49.1 Å². The summed E-state index contributed by atoms with van der Waals surface area (Å²) in [7, 11) is 0. The molecule has 0 aliphatic rings. The highest BCUT2D eigenvalue weighted by Crippen LogP contribution is 2.26. The summed E-state index contributed by atoms with van der Waals surface area (Å²) in [5.74, 6) is 1.26. The van der Waals surface area contributed by atoms with Gasteiger partial charge in [-0.05, 0) is 51.3 Å². The van der Waals surface area contributed by atoms with E-state index in [2.05, 4.69) is 62.0 Å². The Labute approximate surface area is 171 Å². The molecule has 0 saturated heterocycles. The Balaban J connectivity index is 1.87. The lowest BCUT2D eigenvalue weighted by atomic mass is 10.0. The van der Waals surface area contributed by atoms with Crippen LogP contribution in [0.3, 0.4) is 0 Å². The highest BCUT2D eigenvalue weighted by Gasteiger charge is 2.14. The minimum absolute atomic E-state index is 0.149. The highest BCUT2D eigenvalue weighted by atomic mass is 32.2. The maximum Gasteiger partial charge on any atom is 0.257 e. The Morgan fingerprint density at radius 2 is 1.70 bits per heavy atom. The van der Waals surface area contributed by atoms with Crippen LogP contribution in [0.4, 0.5) is 5.13 Å². The number of amides is 1. The van der Waals surface area contributed by atoms with E-state index in [0.29, 0.717) is 28.7 Å². The van der Waals surface area contributed by atoms with Gasteiger partial charge in [0.1, 0.15) is 0 Å². The molecule has 7 heteroatoms. The molecule has 1 aromatic heterocycles. The Morgan fingerprint density at radius 1 is 1.07 bits per heavy atom. The number of nitrogens with one attached hydrogen (secondary N) is 1. The molecule has 0 fully saturated rings. The number of carbonyl (C=O) groups excluding carboxylic acids is 1. The zero-order valence-corrected chi connectivity index (χ0v) is 18.7. The largest absolute Gasteiger partial charge is 0.298 e. The van der Waals surface area contributed by atoms with Crippen molar-refractivity contribution in [2.24, 2.45) is 0 Å². The molecule has 1 aromatic carbocycles. The second kappa shape index (κ2) is 10.2. The third-order valence-corrected chi connectivity index (χ3v) is 6.32. The Morgan fingerprint density at radius 3 is 2.26 bits per heavy atom. The standard InChI is InChI=1S/C20H30N4OS2/c1-13(2)16-7-9-17(10-8-16)18(25)21-19-22-23-20(27-19)26-12-11-24(14(3)4)15(5)6/h7-10,13-15H,11-12H2,1-6H3,(H,21,22,25). The molecular weight excluding hydrogens is 376 g/mol. The summed E-state index contributed by atoms with van der Waals surface area (Å²) in [5, 5.41) is 11.7. The summed E-state index contributed by atoms with van der Waals surface area (Å²) >= 11 is 3.11. The molecule has 1 N–H and O–H groups in total. The van der Waals surface area contributed by atoms with Gasteiger partial charge in [-0.3, -0.25) is 15.0 Å². The van der Waals surface area contributed by atoms with Crippen LogP contribution in [-0.4, -0.2) is 45.4 Å². The van der Waals surface area contributed by atoms with E-state index < -0.39 is 0 Å². The fraction of sp³-hybridized carbons (Fsp3) is 0.550. The van der Waals surface area contributed by atoms with E-state index in [1.807, 2.05) is 24.3 Å². The van der Waals surface area contributed by atoms with Gasteiger partial charge in [0.15, 0.2) is 4.34 Å². The van der Waals surface area contributed by atoms with Crippen LogP contribution < -0.4 is 5.32 Å². The summed E-state index contributed by atoms with van der Waals surface area (Å²) in [4.78, 5) is 14.8. The van der Waals surface area contributed by atoms with Crippen LogP contribution in [0.2, 0.25) is 0 Å². The number of thioether (sulfide) groups is 1. The van der Waals surface area contributed by atoms with Crippen LogP contribution in [0, 0.1) is 0 Å². The number of hydrogen-bond acceptors (Lipinski definition) is 6. The number of nitrogens with zero attached hydrogens (tertiary/aromatic N) is 3. The average Bonchev–Trinajstić information content (AvgIpc) is 3.05. The molecule has 0 saturated carbocycles. The van der Waals surface area contributed by atoms with Gasteiger partial charge >= 0.3 is 0 Å². The van der Waals surface area contributed by atoms with Crippen LogP contribution in [-0.2, 0) is 0 Å². The van der Waals surface area contributed by atoms with Gasteiger partial charge in [-0.25, -0.2) is 0 Å². The number of benzene rings is 1. The van der Waals surface area contributed by atoms with Crippen LogP contribution in [0.25, 0.3) is 0 Å². The molecule has 0 atom stereocenters. The Bertz CT molecular complexity index is 718. The molecular formula is C20H30N4OS2. The fourth-order valence-corrected chi connectivity index (χ4v) is 4.63. The van der Waals surface area contributed by atoms with Crippen LogP contribution in [0.1, 0.15) is 63.4 Å². The molecule has 0 unspecified atom stereocenters. The third kappa shape index (κ3) is 6.59. The highest BCUT2D eigenvalue weighted by molar-refractivity contribution is 8.01. The van der Waals surface area contributed by atoms with Crippen LogP contribution in [0.15, 0.2) is 28.6 Å². The predicted molar refractivity (Wildman–Crippen MR) is 116 cm³/mol. The molecule has 5 nitrogen and oxygen atoms in total. The molecule has 2 rings (SSSR count). The summed E-state index contributed by atoms with van der Waals surface area (Å²) < 4.78 is 0.882. The van der Waals surface area contributed by atoms with E-state index in [1.54, 1.807) is 11.8 Å². The van der Waals surface area contributed by atoms with Crippen molar-refractivity contribution in [1.29, 1.82) is 0 Å². The summed E-state index contributed by atoms with van der Waals surface area (Å²) in [5.41, 5.74) is 1.85. The number of aromatic nitrogens is 2. The molecule has 0 spiro atoms. The topological polar surface area (TPSA) is 58.1 Å². The van der Waals surface area contributed by atoms with Gasteiger partial charge in [0.05, 0.1) is 0 Å². The first-order valence-corrected chi connectivity index (χ1v) is 11.2. The molecule has 0 aliphatic carbocycles. The van der Waals surface area contributed by atoms with Crippen molar-refractivity contribution >= 4 is 34.1 Å². The van der Waals surface area contributed by atoms with Gasteiger partial charge in [-0.2, -0.15) is 0 Å². The van der Waals surface area contributed by atoms with Gasteiger partial charge in [0.25, 0.3) is 5.91 Å². The Kier molecular flexibility index (Phi) is 8.26. The van der Waals surface area contributed by atoms with E-state index in [-0.39, 0.29) is 5.91 Å². The number of anilines is 1. The number of rotatable bonds is 9. The molecule has 1 amide bonds. The molecule has 0 bridgehead atoms. The lowest BCUT2D eigenvalue weighted by molar-refractivity contribution is 0.102. The van der Waals surface area contributed by atoms with E-state index in [1.165, 1.54) is 16.9 Å². The van der Waals surface area contributed by atoms with Gasteiger partial charge < -0.3 is 0 Å². The first-order valence-electron chi connectivity index (χ1n) is 9.41. The molecule has 1 heterocycles. The number of hydrogen-bond donors (Lipinski definition) is 1. The first-order chi connectivity index (χ1) is 12.8. The zero-order valence-electron chi connectivity index (χ0n) is 17.0. The van der Waals surface area contributed by atoms with Crippen molar-refractivity contribution < 1.29 is 4.79 Å². The lowest BCUT2D eigenvalue weighted by Gasteiger charge is -2.30. The van der Waals surface area contributed by atoms with E-state index >= 15 is 0 Å². The molecule has 148 valence electrons. The summed E-state index contributed by atoms with van der Waals surface area (Å²) in [6.07, 6.45) is 0. The number of carbonyl (C=O) groups is 1. The van der Waals surface area contributed by atoms with E-state index in [0.717, 1.165) is 16.6 Å². The fourth-order valence-electron chi connectivity index (χ4n) is 2.86. The molecule has 2 aromatic rings. The SMILES string of the molecule is CC(C)c1ccc(C(=O)Nc2nnc(SCCN(C(C)C)C(C)C)s2)cc1. The van der Waals surface area contributed by atoms with E-state index in [9.17, 15) is 4.79 Å². The zero-order chi connectivity index (χ0) is 20.0. The lowest BCUT2D eigenvalue weighted by Crippen LogP contribution is -2.38. The quantitative estimate of drug-likeness (QED) is 0.462. The monoisotopic (exact) mass is 406 g/mol.